The molecule has 0 aliphatic carbocycles. The van der Waals surface area contributed by atoms with E-state index >= 15 is 0 Å². The number of amides is 3. The van der Waals surface area contributed by atoms with Crippen molar-refractivity contribution in [2.45, 2.75) is 39.2 Å². The van der Waals surface area contributed by atoms with Gasteiger partial charge in [0.15, 0.2) is 24.6 Å². The maximum atomic E-state index is 12.6. The van der Waals surface area contributed by atoms with Crippen LogP contribution in [0.2, 0.25) is 0 Å². The zero-order chi connectivity index (χ0) is 22.1. The van der Waals surface area contributed by atoms with E-state index in [9.17, 15) is 14.4 Å². The van der Waals surface area contributed by atoms with Gasteiger partial charge in [0.2, 0.25) is 5.91 Å². The van der Waals surface area contributed by atoms with Gasteiger partial charge in [-0.05, 0) is 45.2 Å². The molecule has 9 heteroatoms. The van der Waals surface area contributed by atoms with Crippen molar-refractivity contribution < 1.29 is 28.8 Å². The molecule has 2 rings (SSSR count). The summed E-state index contributed by atoms with van der Waals surface area (Å²) in [6, 6.07) is 4.67. The second-order valence-electron chi connectivity index (χ2n) is 7.39. The Bertz CT molecular complexity index is 755. The van der Waals surface area contributed by atoms with Crippen molar-refractivity contribution in [3.8, 4) is 11.5 Å². The fraction of sp³-hybridized carbons (Fsp3) is 0.571. The van der Waals surface area contributed by atoms with Gasteiger partial charge in [0.05, 0.1) is 20.3 Å². The van der Waals surface area contributed by atoms with Crippen LogP contribution in [0.5, 0.6) is 11.5 Å². The zero-order valence-corrected chi connectivity index (χ0v) is 18.0. The normalized spacial score (nSPS) is 17.2. The zero-order valence-electron chi connectivity index (χ0n) is 18.0. The number of carbonyl (C=O) groups is 3. The van der Waals surface area contributed by atoms with Crippen LogP contribution >= 0.6 is 0 Å². The summed E-state index contributed by atoms with van der Waals surface area (Å²) < 4.78 is 11.1. The quantitative estimate of drug-likeness (QED) is 0.484. The lowest BCUT2D eigenvalue weighted by Gasteiger charge is -2.33. The lowest BCUT2D eigenvalue weighted by molar-refractivity contribution is -0.862. The molecular formula is C21H33N4O5+. The van der Waals surface area contributed by atoms with Crippen molar-refractivity contribution in [3.63, 3.8) is 0 Å². The lowest BCUT2D eigenvalue weighted by atomic mass is 10.0. The molecule has 4 N–H and O–H groups in total. The van der Waals surface area contributed by atoms with E-state index in [0.717, 1.165) is 17.7 Å². The molecule has 1 fully saturated rings. The smallest absolute Gasteiger partial charge is 0.279 e. The minimum absolute atomic E-state index is 0.109. The number of likely N-dealkylation sites (N-methyl/N-ethyl adjacent to an activating group) is 1. The van der Waals surface area contributed by atoms with E-state index in [1.54, 1.807) is 30.1 Å². The standard InChI is InChI=1S/C21H32N4O5/c1-4-29-17-10-9-15(12-18(17)30-5-2)23-19(26)13-24(3)14-20(27)25-11-7-6-8-16(25)21(22)28/h9-10,12,16H,4-8,11,13-14H2,1-3H3,(H2,22,28)(H,23,26)/p+1/t16-/m1/s1. The third-order valence-corrected chi connectivity index (χ3v) is 4.89. The van der Waals surface area contributed by atoms with Crippen molar-refractivity contribution >= 4 is 23.4 Å². The van der Waals surface area contributed by atoms with Crippen LogP contribution in [0.3, 0.4) is 0 Å². The number of carbonyl (C=O) groups excluding carboxylic acids is 3. The number of likely N-dealkylation sites (tertiary alicyclic amines) is 1. The number of hydrogen-bond acceptors (Lipinski definition) is 5. The number of nitrogens with one attached hydrogen (secondary N) is 2. The van der Waals surface area contributed by atoms with Gasteiger partial charge in [-0.1, -0.05) is 0 Å². The van der Waals surface area contributed by atoms with Crippen LogP contribution in [0.4, 0.5) is 5.69 Å². The van der Waals surface area contributed by atoms with E-state index in [2.05, 4.69) is 5.32 Å². The summed E-state index contributed by atoms with van der Waals surface area (Å²) in [6.45, 7) is 5.51. The molecule has 1 heterocycles. The molecule has 0 aromatic heterocycles. The molecule has 9 nitrogen and oxygen atoms in total. The third-order valence-electron chi connectivity index (χ3n) is 4.89. The molecule has 0 radical (unpaired) electrons. The molecule has 3 amide bonds. The Morgan fingerprint density at radius 3 is 2.50 bits per heavy atom. The summed E-state index contributed by atoms with van der Waals surface area (Å²) in [5.74, 6) is 0.325. The Labute approximate surface area is 177 Å². The summed E-state index contributed by atoms with van der Waals surface area (Å²) in [5.41, 5.74) is 6.03. The number of anilines is 1. The van der Waals surface area contributed by atoms with E-state index in [1.807, 2.05) is 13.8 Å². The number of primary amides is 1. The molecule has 2 atom stereocenters. The second-order valence-corrected chi connectivity index (χ2v) is 7.39. The fourth-order valence-corrected chi connectivity index (χ4v) is 3.56. The first-order chi connectivity index (χ1) is 14.3. The Kier molecular flexibility index (Phi) is 8.91. The third kappa shape index (κ3) is 6.62. The topological polar surface area (TPSA) is 115 Å². The van der Waals surface area contributed by atoms with E-state index in [4.69, 9.17) is 15.2 Å². The maximum absolute atomic E-state index is 12.6. The van der Waals surface area contributed by atoms with Gasteiger partial charge in [-0.25, -0.2) is 0 Å². The Morgan fingerprint density at radius 1 is 1.13 bits per heavy atom. The van der Waals surface area contributed by atoms with Crippen molar-refractivity contribution in [3.05, 3.63) is 18.2 Å². The summed E-state index contributed by atoms with van der Waals surface area (Å²) in [7, 11) is 1.77. The minimum atomic E-state index is -0.547. The monoisotopic (exact) mass is 421 g/mol. The van der Waals surface area contributed by atoms with E-state index < -0.39 is 11.9 Å². The first-order valence-electron chi connectivity index (χ1n) is 10.4. The van der Waals surface area contributed by atoms with Crippen molar-refractivity contribution in [1.82, 2.24) is 4.90 Å². The van der Waals surface area contributed by atoms with E-state index in [0.29, 0.717) is 43.4 Å². The summed E-state index contributed by atoms with van der Waals surface area (Å²) >= 11 is 0. The average molecular weight is 422 g/mol. The fourth-order valence-electron chi connectivity index (χ4n) is 3.56. The van der Waals surface area contributed by atoms with Crippen LogP contribution in [0.1, 0.15) is 33.1 Å². The van der Waals surface area contributed by atoms with Gasteiger partial charge in [-0.15, -0.1) is 0 Å². The van der Waals surface area contributed by atoms with Crippen LogP contribution in [0.25, 0.3) is 0 Å². The summed E-state index contributed by atoms with van der Waals surface area (Å²) in [4.78, 5) is 38.9. The maximum Gasteiger partial charge on any atom is 0.279 e. The highest BCUT2D eigenvalue weighted by Crippen LogP contribution is 2.30. The van der Waals surface area contributed by atoms with Gasteiger partial charge < -0.3 is 30.3 Å². The molecule has 0 bridgehead atoms. The Hall–Kier alpha value is -2.81. The lowest BCUT2D eigenvalue weighted by Crippen LogP contribution is -3.11. The largest absolute Gasteiger partial charge is 0.490 e. The van der Waals surface area contributed by atoms with Gasteiger partial charge in [0.25, 0.3) is 11.8 Å². The second kappa shape index (κ2) is 11.4. The number of rotatable bonds is 10. The molecule has 0 saturated carbocycles. The molecule has 1 aromatic rings. The summed E-state index contributed by atoms with van der Waals surface area (Å²) in [6.07, 6.45) is 2.34. The number of benzene rings is 1. The molecule has 1 aliphatic rings. The number of hydrogen-bond donors (Lipinski definition) is 3. The van der Waals surface area contributed by atoms with Crippen molar-refractivity contribution in [2.24, 2.45) is 5.73 Å². The molecule has 1 aromatic carbocycles. The van der Waals surface area contributed by atoms with Gasteiger partial charge >= 0.3 is 0 Å². The number of ether oxygens (including phenoxy) is 2. The Balaban J connectivity index is 1.91. The molecule has 0 spiro atoms. The van der Waals surface area contributed by atoms with Gasteiger partial charge in [0, 0.05) is 18.3 Å². The highest BCUT2D eigenvalue weighted by Gasteiger charge is 2.32. The molecule has 1 unspecified atom stereocenters. The highest BCUT2D eigenvalue weighted by atomic mass is 16.5. The van der Waals surface area contributed by atoms with Crippen LogP contribution in [0, 0.1) is 0 Å². The van der Waals surface area contributed by atoms with Crippen LogP contribution < -0.4 is 25.4 Å². The average Bonchev–Trinajstić information content (AvgIpc) is 2.70. The number of piperidine rings is 1. The predicted octanol–water partition coefficient (Wildman–Crippen LogP) is -0.196. The predicted molar refractivity (Wildman–Crippen MR) is 113 cm³/mol. The molecule has 1 saturated heterocycles. The van der Waals surface area contributed by atoms with Crippen LogP contribution in [-0.4, -0.2) is 68.6 Å². The SMILES string of the molecule is CCOc1ccc(NC(=O)C[NH+](C)CC(=O)N2CCCC[C@@H]2C(N)=O)cc1OCC. The summed E-state index contributed by atoms with van der Waals surface area (Å²) in [5, 5.41) is 2.83. The first-order valence-corrected chi connectivity index (χ1v) is 10.4. The number of nitrogens with zero attached hydrogens (tertiary/aromatic N) is 1. The minimum Gasteiger partial charge on any atom is -0.490 e. The molecular weight excluding hydrogens is 388 g/mol. The van der Waals surface area contributed by atoms with Gasteiger partial charge in [0.1, 0.15) is 6.04 Å². The van der Waals surface area contributed by atoms with Crippen LogP contribution in [0.15, 0.2) is 18.2 Å². The van der Waals surface area contributed by atoms with Crippen LogP contribution in [-0.2, 0) is 14.4 Å². The molecule has 1 aliphatic heterocycles. The van der Waals surface area contributed by atoms with Gasteiger partial charge in [-0.3, -0.25) is 14.4 Å². The molecule has 166 valence electrons. The number of nitrogens with two attached hydrogens (primary N) is 1. The Morgan fingerprint density at radius 2 is 1.83 bits per heavy atom. The first kappa shape index (κ1) is 23.5. The van der Waals surface area contributed by atoms with Crippen molar-refractivity contribution in [1.29, 1.82) is 0 Å². The highest BCUT2D eigenvalue weighted by molar-refractivity contribution is 5.92. The van der Waals surface area contributed by atoms with Gasteiger partial charge in [-0.2, -0.15) is 0 Å². The van der Waals surface area contributed by atoms with Crippen molar-refractivity contribution in [2.75, 3.05) is 45.2 Å². The number of quaternary nitrogens is 1. The molecule has 30 heavy (non-hydrogen) atoms. The van der Waals surface area contributed by atoms with E-state index in [1.165, 1.54) is 0 Å². The van der Waals surface area contributed by atoms with E-state index in [-0.39, 0.29) is 24.9 Å².